The maximum Gasteiger partial charge on any atom is 0.141 e. The van der Waals surface area contributed by atoms with Crippen molar-refractivity contribution in [2.75, 3.05) is 0 Å². The van der Waals surface area contributed by atoms with E-state index in [-0.39, 0.29) is 0 Å². The van der Waals surface area contributed by atoms with Crippen LogP contribution in [-0.2, 0) is 6.54 Å². The van der Waals surface area contributed by atoms with Crippen molar-refractivity contribution < 1.29 is 0 Å². The summed E-state index contributed by atoms with van der Waals surface area (Å²) < 4.78 is 2.22. The molecule has 2 aromatic rings. The fourth-order valence-corrected chi connectivity index (χ4v) is 2.48. The molecular formula is C10H12N4S. The van der Waals surface area contributed by atoms with Crippen LogP contribution in [0.25, 0.3) is 10.7 Å². The average Bonchev–Trinajstić information content (AvgIpc) is 2.83. The lowest BCUT2D eigenvalue weighted by Gasteiger charge is -2.02. The second-order valence-corrected chi connectivity index (χ2v) is 4.62. The minimum absolute atomic E-state index is 0.508. The number of nitrogens with zero attached hydrogens (tertiary/aromatic N) is 3. The molecular weight excluding hydrogens is 208 g/mol. The molecule has 0 saturated heterocycles. The maximum absolute atomic E-state index is 5.55. The normalized spacial score (nSPS) is 15.8. The largest absolute Gasteiger partial charge is 0.326 e. The Balaban J connectivity index is 2.00. The molecule has 15 heavy (non-hydrogen) atoms. The molecule has 1 aliphatic rings. The van der Waals surface area contributed by atoms with Crippen molar-refractivity contribution in [3.8, 4) is 10.7 Å². The third kappa shape index (κ3) is 1.57. The van der Waals surface area contributed by atoms with Gasteiger partial charge in [0, 0.05) is 18.0 Å². The topological polar surface area (TPSA) is 56.7 Å². The molecule has 1 aliphatic carbocycles. The predicted octanol–water partition coefficient (Wildman–Crippen LogP) is 1.80. The Morgan fingerprint density at radius 2 is 2.40 bits per heavy atom. The van der Waals surface area contributed by atoms with Gasteiger partial charge in [0.05, 0.1) is 23.9 Å². The van der Waals surface area contributed by atoms with Gasteiger partial charge in [-0.25, -0.2) is 9.97 Å². The quantitative estimate of drug-likeness (QED) is 0.858. The Morgan fingerprint density at radius 3 is 3.07 bits per heavy atom. The fourth-order valence-electron chi connectivity index (χ4n) is 1.63. The zero-order valence-corrected chi connectivity index (χ0v) is 9.07. The van der Waals surface area contributed by atoms with Crippen LogP contribution in [0.4, 0.5) is 0 Å². The second kappa shape index (κ2) is 3.43. The summed E-state index contributed by atoms with van der Waals surface area (Å²) in [5, 5.41) is 3.04. The van der Waals surface area contributed by atoms with Crippen LogP contribution in [0.2, 0.25) is 0 Å². The van der Waals surface area contributed by atoms with Crippen LogP contribution in [0.3, 0.4) is 0 Å². The molecule has 0 amide bonds. The Morgan fingerprint density at radius 1 is 1.53 bits per heavy atom. The van der Waals surface area contributed by atoms with E-state index >= 15 is 0 Å². The summed E-state index contributed by atoms with van der Waals surface area (Å²) in [5.41, 5.74) is 7.63. The number of rotatable bonds is 3. The number of imidazole rings is 1. The predicted molar refractivity (Wildman–Crippen MR) is 59.5 cm³/mol. The summed E-state index contributed by atoms with van der Waals surface area (Å²) in [6, 6.07) is 0.646. The van der Waals surface area contributed by atoms with Gasteiger partial charge in [0.15, 0.2) is 0 Å². The lowest BCUT2D eigenvalue weighted by atomic mass is 10.4. The smallest absolute Gasteiger partial charge is 0.141 e. The highest BCUT2D eigenvalue weighted by Crippen LogP contribution is 2.38. The Hall–Kier alpha value is -1.20. The maximum atomic E-state index is 5.55. The molecule has 2 N–H and O–H groups in total. The zero-order valence-electron chi connectivity index (χ0n) is 8.26. The molecule has 0 atom stereocenters. The molecule has 1 saturated carbocycles. The van der Waals surface area contributed by atoms with Gasteiger partial charge in [-0.2, -0.15) is 0 Å². The van der Waals surface area contributed by atoms with Gasteiger partial charge in [-0.15, -0.1) is 11.3 Å². The van der Waals surface area contributed by atoms with Gasteiger partial charge < -0.3 is 10.3 Å². The third-order valence-corrected chi connectivity index (χ3v) is 3.50. The molecule has 3 rings (SSSR count). The van der Waals surface area contributed by atoms with E-state index in [1.807, 2.05) is 17.9 Å². The lowest BCUT2D eigenvalue weighted by Crippen LogP contribution is -1.97. The Labute approximate surface area is 91.8 Å². The van der Waals surface area contributed by atoms with Gasteiger partial charge in [0.2, 0.25) is 0 Å². The van der Waals surface area contributed by atoms with E-state index in [2.05, 4.69) is 14.5 Å². The summed E-state index contributed by atoms with van der Waals surface area (Å²) in [6.07, 6.45) is 6.31. The van der Waals surface area contributed by atoms with E-state index in [4.69, 9.17) is 5.73 Å². The molecule has 2 aromatic heterocycles. The van der Waals surface area contributed by atoms with Crippen LogP contribution < -0.4 is 5.73 Å². The van der Waals surface area contributed by atoms with Gasteiger partial charge in [-0.05, 0) is 12.8 Å². The van der Waals surface area contributed by atoms with E-state index in [1.54, 1.807) is 11.3 Å². The van der Waals surface area contributed by atoms with Crippen molar-refractivity contribution in [1.82, 2.24) is 14.5 Å². The van der Waals surface area contributed by atoms with Crippen molar-refractivity contribution in [2.45, 2.75) is 25.4 Å². The standard InChI is InChI=1S/C10H12N4S/c11-3-7-5-15-10(13-7)9-4-12-6-14(9)8-1-2-8/h4-6,8H,1-3,11H2. The molecule has 0 aliphatic heterocycles. The molecule has 78 valence electrons. The first-order valence-electron chi connectivity index (χ1n) is 5.05. The summed E-state index contributed by atoms with van der Waals surface area (Å²) in [6.45, 7) is 0.508. The minimum atomic E-state index is 0.508. The summed E-state index contributed by atoms with van der Waals surface area (Å²) in [5.74, 6) is 0. The van der Waals surface area contributed by atoms with Crippen LogP contribution in [0, 0.1) is 0 Å². The average molecular weight is 220 g/mol. The van der Waals surface area contributed by atoms with E-state index in [0.29, 0.717) is 12.6 Å². The van der Waals surface area contributed by atoms with Crippen LogP contribution >= 0.6 is 11.3 Å². The van der Waals surface area contributed by atoms with Gasteiger partial charge >= 0.3 is 0 Å². The number of thiazole rings is 1. The van der Waals surface area contributed by atoms with Crippen LogP contribution in [0.5, 0.6) is 0 Å². The van der Waals surface area contributed by atoms with Gasteiger partial charge in [0.25, 0.3) is 0 Å². The van der Waals surface area contributed by atoms with E-state index in [0.717, 1.165) is 16.4 Å². The molecule has 0 spiro atoms. The minimum Gasteiger partial charge on any atom is -0.326 e. The monoisotopic (exact) mass is 220 g/mol. The van der Waals surface area contributed by atoms with Crippen molar-refractivity contribution in [3.05, 3.63) is 23.6 Å². The highest BCUT2D eigenvalue weighted by molar-refractivity contribution is 7.13. The Kier molecular flexibility index (Phi) is 2.07. The van der Waals surface area contributed by atoms with Gasteiger partial charge in [-0.1, -0.05) is 0 Å². The SMILES string of the molecule is NCc1csc(-c2cncn2C2CC2)n1. The Bertz CT molecular complexity index is 469. The second-order valence-electron chi connectivity index (χ2n) is 3.77. The number of hydrogen-bond acceptors (Lipinski definition) is 4. The fraction of sp³-hybridized carbons (Fsp3) is 0.400. The molecule has 5 heteroatoms. The van der Waals surface area contributed by atoms with Crippen molar-refractivity contribution in [1.29, 1.82) is 0 Å². The van der Waals surface area contributed by atoms with Crippen molar-refractivity contribution in [2.24, 2.45) is 5.73 Å². The van der Waals surface area contributed by atoms with Gasteiger partial charge in [0.1, 0.15) is 5.01 Å². The molecule has 0 unspecified atom stereocenters. The number of hydrogen-bond donors (Lipinski definition) is 1. The van der Waals surface area contributed by atoms with E-state index in [1.165, 1.54) is 12.8 Å². The van der Waals surface area contributed by atoms with Crippen LogP contribution in [0.15, 0.2) is 17.9 Å². The summed E-state index contributed by atoms with van der Waals surface area (Å²) >= 11 is 1.64. The van der Waals surface area contributed by atoms with Crippen molar-refractivity contribution in [3.63, 3.8) is 0 Å². The zero-order chi connectivity index (χ0) is 10.3. The van der Waals surface area contributed by atoms with Crippen LogP contribution in [-0.4, -0.2) is 14.5 Å². The molecule has 4 nitrogen and oxygen atoms in total. The van der Waals surface area contributed by atoms with Crippen LogP contribution in [0.1, 0.15) is 24.6 Å². The van der Waals surface area contributed by atoms with E-state index < -0.39 is 0 Å². The first-order chi connectivity index (χ1) is 7.38. The molecule has 0 aromatic carbocycles. The number of nitrogens with two attached hydrogens (primary N) is 1. The summed E-state index contributed by atoms with van der Waals surface area (Å²) in [4.78, 5) is 8.67. The third-order valence-electron chi connectivity index (χ3n) is 2.59. The molecule has 0 bridgehead atoms. The molecule has 1 fully saturated rings. The molecule has 2 heterocycles. The highest BCUT2D eigenvalue weighted by atomic mass is 32.1. The summed E-state index contributed by atoms with van der Waals surface area (Å²) in [7, 11) is 0. The number of aromatic nitrogens is 3. The first kappa shape index (κ1) is 9.06. The van der Waals surface area contributed by atoms with Gasteiger partial charge in [-0.3, -0.25) is 0 Å². The molecule has 0 radical (unpaired) electrons. The lowest BCUT2D eigenvalue weighted by molar-refractivity contribution is 0.747. The first-order valence-corrected chi connectivity index (χ1v) is 5.93. The van der Waals surface area contributed by atoms with E-state index in [9.17, 15) is 0 Å². The highest BCUT2D eigenvalue weighted by Gasteiger charge is 2.26. The van der Waals surface area contributed by atoms with Crippen molar-refractivity contribution >= 4 is 11.3 Å².